The van der Waals surface area contributed by atoms with Crippen molar-refractivity contribution in [2.24, 2.45) is 0 Å². The summed E-state index contributed by atoms with van der Waals surface area (Å²) in [4.78, 5) is 15.4. The third kappa shape index (κ3) is 4.56. The number of nitrogens with zero attached hydrogens (tertiary/aromatic N) is 3. The van der Waals surface area contributed by atoms with Crippen LogP contribution >= 0.6 is 0 Å². The van der Waals surface area contributed by atoms with Crippen LogP contribution in [0.1, 0.15) is 22.3 Å². The minimum Gasteiger partial charge on any atom is -0.208 e. The molecule has 0 bridgehead atoms. The van der Waals surface area contributed by atoms with E-state index < -0.39 is 5.41 Å². The molecule has 0 N–H and O–H groups in total. The van der Waals surface area contributed by atoms with Crippen LogP contribution in [0.25, 0.3) is 66.8 Å². The van der Waals surface area contributed by atoms with Gasteiger partial charge in [-0.05, 0) is 61.0 Å². The van der Waals surface area contributed by atoms with E-state index in [1.165, 1.54) is 44.2 Å². The Kier molecular flexibility index (Phi) is 6.71. The van der Waals surface area contributed by atoms with E-state index in [-0.39, 0.29) is 0 Å². The van der Waals surface area contributed by atoms with Gasteiger partial charge in [-0.15, -0.1) is 0 Å². The van der Waals surface area contributed by atoms with Gasteiger partial charge in [-0.25, -0.2) is 15.0 Å². The molecule has 1 aromatic heterocycles. The molecule has 238 valence electrons. The van der Waals surface area contributed by atoms with Gasteiger partial charge in [0.15, 0.2) is 17.5 Å². The highest BCUT2D eigenvalue weighted by Gasteiger charge is 2.46. The Morgan fingerprint density at radius 3 is 1.65 bits per heavy atom. The lowest BCUT2D eigenvalue weighted by Crippen LogP contribution is -2.28. The summed E-state index contributed by atoms with van der Waals surface area (Å²) in [6, 6.07) is 66.9. The first-order valence-corrected chi connectivity index (χ1v) is 17.4. The molecule has 8 aromatic carbocycles. The van der Waals surface area contributed by atoms with Crippen molar-refractivity contribution in [3.8, 4) is 45.3 Å². The molecule has 0 unspecified atom stereocenters. The van der Waals surface area contributed by atoms with Crippen molar-refractivity contribution in [3.63, 3.8) is 0 Å². The first kappa shape index (κ1) is 29.2. The Bertz CT molecular complexity index is 2690. The maximum Gasteiger partial charge on any atom is 0.164 e. The summed E-state index contributed by atoms with van der Waals surface area (Å²) in [6.07, 6.45) is 0. The second kappa shape index (κ2) is 11.7. The van der Waals surface area contributed by atoms with Gasteiger partial charge in [-0.1, -0.05) is 182 Å². The quantitative estimate of drug-likeness (QED) is 0.186. The first-order chi connectivity index (χ1) is 25.3. The zero-order valence-corrected chi connectivity index (χ0v) is 27.7. The number of benzene rings is 8. The fourth-order valence-corrected chi connectivity index (χ4v) is 8.16. The fraction of sp³-hybridized carbons (Fsp3) is 0.0208. The number of hydrogen-bond donors (Lipinski definition) is 0. The van der Waals surface area contributed by atoms with Crippen molar-refractivity contribution in [1.82, 2.24) is 15.0 Å². The summed E-state index contributed by atoms with van der Waals surface area (Å²) in [7, 11) is 0. The molecule has 51 heavy (non-hydrogen) atoms. The minimum atomic E-state index is -0.464. The van der Waals surface area contributed by atoms with Crippen LogP contribution in [0.2, 0.25) is 0 Å². The van der Waals surface area contributed by atoms with E-state index in [0.29, 0.717) is 17.5 Å². The number of hydrogen-bond acceptors (Lipinski definition) is 3. The number of aromatic nitrogens is 3. The largest absolute Gasteiger partial charge is 0.208 e. The van der Waals surface area contributed by atoms with Gasteiger partial charge in [-0.2, -0.15) is 0 Å². The average molecular weight is 650 g/mol. The molecule has 1 aliphatic rings. The molecule has 0 radical (unpaired) electrons. The van der Waals surface area contributed by atoms with E-state index in [0.717, 1.165) is 27.5 Å². The number of rotatable bonds is 5. The van der Waals surface area contributed by atoms with Gasteiger partial charge in [0.2, 0.25) is 0 Å². The van der Waals surface area contributed by atoms with Crippen LogP contribution in [-0.2, 0) is 5.41 Å². The molecule has 10 rings (SSSR count). The van der Waals surface area contributed by atoms with E-state index in [9.17, 15) is 0 Å². The van der Waals surface area contributed by atoms with Crippen molar-refractivity contribution in [2.45, 2.75) is 5.41 Å². The van der Waals surface area contributed by atoms with Gasteiger partial charge in [0.05, 0.1) is 5.41 Å². The first-order valence-electron chi connectivity index (χ1n) is 17.4. The van der Waals surface area contributed by atoms with Crippen molar-refractivity contribution < 1.29 is 0 Å². The van der Waals surface area contributed by atoms with Gasteiger partial charge in [0.25, 0.3) is 0 Å². The summed E-state index contributed by atoms with van der Waals surface area (Å²) in [5, 5.41) is 4.62. The predicted octanol–water partition coefficient (Wildman–Crippen LogP) is 11.5. The SMILES string of the molecule is c1ccc(-c2nc(-c3ccc4ccc5c(c4c3)-c3ccccc3C5(c3ccccc3)c3ccccc3)nc(-c3cccc4ccccc34)n2)cc1. The highest BCUT2D eigenvalue weighted by atomic mass is 15.0. The van der Waals surface area contributed by atoms with Crippen LogP contribution in [-0.4, -0.2) is 15.0 Å². The maximum absolute atomic E-state index is 5.20. The molecular weight excluding hydrogens is 619 g/mol. The van der Waals surface area contributed by atoms with E-state index >= 15 is 0 Å². The second-order valence-corrected chi connectivity index (χ2v) is 13.2. The van der Waals surface area contributed by atoms with Crippen LogP contribution in [0.3, 0.4) is 0 Å². The minimum absolute atomic E-state index is 0.464. The van der Waals surface area contributed by atoms with Gasteiger partial charge in [0.1, 0.15) is 0 Å². The lowest BCUT2D eigenvalue weighted by molar-refractivity contribution is 0.769. The average Bonchev–Trinajstić information content (AvgIpc) is 3.53. The third-order valence-corrected chi connectivity index (χ3v) is 10.4. The molecule has 1 heterocycles. The molecule has 0 atom stereocenters. The standard InChI is InChI=1S/C48H31N3/c1-4-16-34(17-5-1)45-49-46(51-47(50-45)39-25-14-18-32-15-10-11-23-38(32)39)35-28-27-33-29-30-43-44(41(33)31-35)40-24-12-13-26-42(40)48(43,36-19-6-2-7-20-36)37-21-8-3-9-22-37/h1-31H. The van der Waals surface area contributed by atoms with Gasteiger partial charge >= 0.3 is 0 Å². The van der Waals surface area contributed by atoms with Crippen LogP contribution in [0.15, 0.2) is 188 Å². The van der Waals surface area contributed by atoms with Crippen molar-refractivity contribution in [2.75, 3.05) is 0 Å². The summed E-state index contributed by atoms with van der Waals surface area (Å²) < 4.78 is 0. The lowest BCUT2D eigenvalue weighted by atomic mass is 9.67. The fourth-order valence-electron chi connectivity index (χ4n) is 8.16. The van der Waals surface area contributed by atoms with Crippen molar-refractivity contribution in [1.29, 1.82) is 0 Å². The van der Waals surface area contributed by atoms with Crippen molar-refractivity contribution in [3.05, 3.63) is 210 Å². The monoisotopic (exact) mass is 649 g/mol. The normalized spacial score (nSPS) is 12.9. The molecule has 1 aliphatic carbocycles. The molecule has 0 aliphatic heterocycles. The molecule has 0 amide bonds. The van der Waals surface area contributed by atoms with E-state index in [4.69, 9.17) is 15.0 Å². The highest BCUT2D eigenvalue weighted by Crippen LogP contribution is 2.57. The summed E-state index contributed by atoms with van der Waals surface area (Å²) in [5.41, 5.74) is 10.0. The lowest BCUT2D eigenvalue weighted by Gasteiger charge is -2.33. The van der Waals surface area contributed by atoms with Crippen LogP contribution in [0.5, 0.6) is 0 Å². The Hall–Kier alpha value is -6.71. The van der Waals surface area contributed by atoms with E-state index in [1.54, 1.807) is 0 Å². The third-order valence-electron chi connectivity index (χ3n) is 10.4. The zero-order chi connectivity index (χ0) is 33.8. The predicted molar refractivity (Wildman–Crippen MR) is 208 cm³/mol. The number of fused-ring (bicyclic) bond motifs is 6. The zero-order valence-electron chi connectivity index (χ0n) is 27.7. The molecule has 0 fully saturated rings. The Balaban J connectivity index is 1.24. The molecule has 3 heteroatoms. The molecular formula is C48H31N3. The Labute approximate surface area is 296 Å². The second-order valence-electron chi connectivity index (χ2n) is 13.2. The van der Waals surface area contributed by atoms with Crippen LogP contribution < -0.4 is 0 Å². The summed E-state index contributed by atoms with van der Waals surface area (Å²) in [6.45, 7) is 0. The van der Waals surface area contributed by atoms with Gasteiger partial charge < -0.3 is 0 Å². The van der Waals surface area contributed by atoms with E-state index in [2.05, 4.69) is 170 Å². The molecule has 3 nitrogen and oxygen atoms in total. The molecule has 0 saturated carbocycles. The summed E-state index contributed by atoms with van der Waals surface area (Å²) in [5.74, 6) is 1.96. The molecule has 0 spiro atoms. The molecule has 0 saturated heterocycles. The topological polar surface area (TPSA) is 38.7 Å². The van der Waals surface area contributed by atoms with Crippen molar-refractivity contribution >= 4 is 21.5 Å². The van der Waals surface area contributed by atoms with Gasteiger partial charge in [-0.3, -0.25) is 0 Å². The Morgan fingerprint density at radius 2 is 0.882 bits per heavy atom. The Morgan fingerprint density at radius 1 is 0.333 bits per heavy atom. The molecule has 9 aromatic rings. The summed E-state index contributed by atoms with van der Waals surface area (Å²) >= 11 is 0. The maximum atomic E-state index is 5.20. The van der Waals surface area contributed by atoms with E-state index in [1.807, 2.05) is 18.2 Å². The highest BCUT2D eigenvalue weighted by molar-refractivity contribution is 6.05. The van der Waals surface area contributed by atoms with Crippen LogP contribution in [0, 0.1) is 0 Å². The van der Waals surface area contributed by atoms with Crippen LogP contribution in [0.4, 0.5) is 0 Å². The van der Waals surface area contributed by atoms with Gasteiger partial charge in [0, 0.05) is 16.7 Å². The smallest absolute Gasteiger partial charge is 0.164 e.